The first-order chi connectivity index (χ1) is 7.62. The smallest absolute Gasteiger partial charge is 0.207 e. The molecule has 0 bridgehead atoms. The average Bonchev–Trinajstić information content (AvgIpc) is 2.30. The molecule has 0 radical (unpaired) electrons. The fourth-order valence-electron chi connectivity index (χ4n) is 1.29. The molecule has 0 aliphatic carbocycles. The van der Waals surface area contributed by atoms with Crippen LogP contribution < -0.4 is 0 Å². The Bertz CT molecular complexity index is 431. The molecule has 0 spiro atoms. The molecule has 0 atom stereocenters. The minimum atomic E-state index is -3.39. The molecular weight excluding hydrogens is 290 g/mol. The molecule has 0 saturated carbocycles. The van der Waals surface area contributed by atoms with E-state index in [1.165, 1.54) is 4.31 Å². The van der Waals surface area contributed by atoms with Crippen molar-refractivity contribution >= 4 is 26.0 Å². The minimum absolute atomic E-state index is 0.317. The molecule has 88 valence electrons. The third-order valence-corrected chi connectivity index (χ3v) is 4.28. The monoisotopic (exact) mass is 303 g/mol. The highest BCUT2D eigenvalue weighted by atomic mass is 79.9. The van der Waals surface area contributed by atoms with Crippen LogP contribution in [0.1, 0.15) is 0 Å². The SMILES string of the molecule is C=CCN(CCBr)S(=O)(=O)c1ccccc1. The first kappa shape index (κ1) is 13.4. The molecule has 1 aromatic rings. The van der Waals surface area contributed by atoms with Crippen LogP contribution >= 0.6 is 15.9 Å². The van der Waals surface area contributed by atoms with Crippen LogP contribution in [0.5, 0.6) is 0 Å². The maximum absolute atomic E-state index is 12.2. The molecule has 0 saturated heterocycles. The Hall–Kier alpha value is -0.650. The maximum Gasteiger partial charge on any atom is 0.243 e. The Morgan fingerprint density at radius 3 is 2.44 bits per heavy atom. The van der Waals surface area contributed by atoms with E-state index in [0.717, 1.165) is 0 Å². The number of halogens is 1. The van der Waals surface area contributed by atoms with E-state index in [-0.39, 0.29) is 0 Å². The van der Waals surface area contributed by atoms with Gasteiger partial charge in [-0.05, 0) is 12.1 Å². The van der Waals surface area contributed by atoms with Crippen molar-refractivity contribution < 1.29 is 8.42 Å². The molecule has 3 nitrogen and oxygen atoms in total. The van der Waals surface area contributed by atoms with Crippen molar-refractivity contribution in [3.8, 4) is 0 Å². The van der Waals surface area contributed by atoms with Crippen LogP contribution in [0.3, 0.4) is 0 Å². The van der Waals surface area contributed by atoms with Gasteiger partial charge in [0, 0.05) is 18.4 Å². The van der Waals surface area contributed by atoms with Crippen LogP contribution in [-0.2, 0) is 10.0 Å². The van der Waals surface area contributed by atoms with Gasteiger partial charge in [0.1, 0.15) is 0 Å². The predicted molar refractivity (Wildman–Crippen MR) is 69.2 cm³/mol. The van der Waals surface area contributed by atoms with E-state index < -0.39 is 10.0 Å². The fraction of sp³-hybridized carbons (Fsp3) is 0.273. The molecule has 0 amide bonds. The first-order valence-corrected chi connectivity index (χ1v) is 7.41. The van der Waals surface area contributed by atoms with Gasteiger partial charge in [-0.2, -0.15) is 4.31 Å². The summed E-state index contributed by atoms with van der Waals surface area (Å²) < 4.78 is 25.7. The molecule has 0 unspecified atom stereocenters. The molecule has 0 aliphatic heterocycles. The fourth-order valence-corrected chi connectivity index (χ4v) is 3.38. The van der Waals surface area contributed by atoms with Crippen LogP contribution in [0.2, 0.25) is 0 Å². The van der Waals surface area contributed by atoms with Gasteiger partial charge in [-0.1, -0.05) is 40.2 Å². The van der Waals surface area contributed by atoms with Crippen molar-refractivity contribution in [2.24, 2.45) is 0 Å². The summed E-state index contributed by atoms with van der Waals surface area (Å²) in [6.45, 7) is 4.32. The molecular formula is C11H14BrNO2S. The molecule has 16 heavy (non-hydrogen) atoms. The number of hydrogen-bond acceptors (Lipinski definition) is 2. The second-order valence-corrected chi connectivity index (χ2v) is 5.88. The number of alkyl halides is 1. The van der Waals surface area contributed by atoms with E-state index >= 15 is 0 Å². The number of hydrogen-bond donors (Lipinski definition) is 0. The lowest BCUT2D eigenvalue weighted by Crippen LogP contribution is -2.32. The van der Waals surface area contributed by atoms with E-state index in [2.05, 4.69) is 22.5 Å². The maximum atomic E-state index is 12.2. The van der Waals surface area contributed by atoms with E-state index in [1.54, 1.807) is 36.4 Å². The number of nitrogens with zero attached hydrogens (tertiary/aromatic N) is 1. The summed E-state index contributed by atoms with van der Waals surface area (Å²) in [5, 5.41) is 0.604. The largest absolute Gasteiger partial charge is 0.243 e. The molecule has 0 aliphatic rings. The molecule has 1 aromatic carbocycles. The van der Waals surface area contributed by atoms with E-state index in [0.29, 0.717) is 23.3 Å². The quantitative estimate of drug-likeness (QED) is 0.597. The third kappa shape index (κ3) is 3.17. The highest BCUT2D eigenvalue weighted by molar-refractivity contribution is 9.09. The van der Waals surface area contributed by atoms with Crippen molar-refractivity contribution in [2.75, 3.05) is 18.4 Å². The van der Waals surface area contributed by atoms with E-state index in [9.17, 15) is 8.42 Å². The summed E-state index contributed by atoms with van der Waals surface area (Å²) in [6, 6.07) is 8.42. The lowest BCUT2D eigenvalue weighted by atomic mass is 10.4. The van der Waals surface area contributed by atoms with Gasteiger partial charge in [-0.15, -0.1) is 6.58 Å². The van der Waals surface area contributed by atoms with Crippen LogP contribution in [0.4, 0.5) is 0 Å². The second-order valence-electron chi connectivity index (χ2n) is 3.15. The number of sulfonamides is 1. The summed E-state index contributed by atoms with van der Waals surface area (Å²) in [6.07, 6.45) is 1.59. The Morgan fingerprint density at radius 1 is 1.31 bits per heavy atom. The van der Waals surface area contributed by atoms with Gasteiger partial charge < -0.3 is 0 Å². The van der Waals surface area contributed by atoms with Gasteiger partial charge >= 0.3 is 0 Å². The normalized spacial score (nSPS) is 11.6. The highest BCUT2D eigenvalue weighted by Gasteiger charge is 2.22. The summed E-state index contributed by atoms with van der Waals surface area (Å²) in [7, 11) is -3.39. The van der Waals surface area contributed by atoms with Gasteiger partial charge in [-0.3, -0.25) is 0 Å². The predicted octanol–water partition coefficient (Wildman–Crippen LogP) is 2.26. The zero-order chi connectivity index (χ0) is 12.0. The van der Waals surface area contributed by atoms with Crippen molar-refractivity contribution in [1.29, 1.82) is 0 Å². The summed E-state index contributed by atoms with van der Waals surface area (Å²) in [5.41, 5.74) is 0. The molecule has 5 heteroatoms. The zero-order valence-electron chi connectivity index (χ0n) is 8.84. The average molecular weight is 304 g/mol. The Morgan fingerprint density at radius 2 is 1.94 bits per heavy atom. The van der Waals surface area contributed by atoms with Gasteiger partial charge in [-0.25, -0.2) is 8.42 Å². The third-order valence-electron chi connectivity index (χ3n) is 2.05. The highest BCUT2D eigenvalue weighted by Crippen LogP contribution is 2.14. The lowest BCUT2D eigenvalue weighted by Gasteiger charge is -2.19. The second kappa shape index (κ2) is 6.18. The zero-order valence-corrected chi connectivity index (χ0v) is 11.2. The van der Waals surface area contributed by atoms with E-state index in [1.807, 2.05) is 0 Å². The van der Waals surface area contributed by atoms with Crippen molar-refractivity contribution in [2.45, 2.75) is 4.90 Å². The standard InChI is InChI=1S/C11H14BrNO2S/c1-2-9-13(10-8-12)16(14,15)11-6-4-3-5-7-11/h2-7H,1,8-10H2. The van der Waals surface area contributed by atoms with Crippen LogP contribution in [-0.4, -0.2) is 31.1 Å². The number of rotatable bonds is 6. The van der Waals surface area contributed by atoms with Gasteiger partial charge in [0.2, 0.25) is 10.0 Å². The first-order valence-electron chi connectivity index (χ1n) is 4.85. The van der Waals surface area contributed by atoms with Gasteiger partial charge in [0.15, 0.2) is 0 Å². The Labute approximate surface area is 105 Å². The Balaban J connectivity index is 3.03. The van der Waals surface area contributed by atoms with Crippen molar-refractivity contribution in [3.05, 3.63) is 43.0 Å². The molecule has 1 rings (SSSR count). The van der Waals surface area contributed by atoms with Crippen LogP contribution in [0.15, 0.2) is 47.9 Å². The van der Waals surface area contributed by atoms with Gasteiger partial charge in [0.05, 0.1) is 4.90 Å². The Kier molecular flexibility index (Phi) is 5.18. The number of benzene rings is 1. The van der Waals surface area contributed by atoms with Gasteiger partial charge in [0.25, 0.3) is 0 Å². The van der Waals surface area contributed by atoms with Crippen LogP contribution in [0, 0.1) is 0 Å². The van der Waals surface area contributed by atoms with Crippen molar-refractivity contribution in [3.63, 3.8) is 0 Å². The molecule has 0 heterocycles. The molecule has 0 N–H and O–H groups in total. The summed E-state index contributed by atoms with van der Waals surface area (Å²) in [5.74, 6) is 0. The van der Waals surface area contributed by atoms with Crippen LogP contribution in [0.25, 0.3) is 0 Å². The molecule has 0 aromatic heterocycles. The lowest BCUT2D eigenvalue weighted by molar-refractivity contribution is 0.463. The van der Waals surface area contributed by atoms with Crippen molar-refractivity contribution in [1.82, 2.24) is 4.31 Å². The summed E-state index contributed by atoms with van der Waals surface area (Å²) >= 11 is 3.24. The molecule has 0 fully saturated rings. The van der Waals surface area contributed by atoms with E-state index in [4.69, 9.17) is 0 Å². The summed E-state index contributed by atoms with van der Waals surface area (Å²) in [4.78, 5) is 0.317. The topological polar surface area (TPSA) is 37.4 Å². The minimum Gasteiger partial charge on any atom is -0.207 e.